The van der Waals surface area contributed by atoms with E-state index >= 15 is 0 Å². The molecule has 2 aromatic rings. The molecule has 0 spiro atoms. The van der Waals surface area contributed by atoms with Crippen LogP contribution < -0.4 is 10.6 Å². The Morgan fingerprint density at radius 2 is 2.05 bits per heavy atom. The minimum absolute atomic E-state index is 0. The maximum Gasteiger partial charge on any atom is 0.255 e. The second-order valence-corrected chi connectivity index (χ2v) is 5.46. The van der Waals surface area contributed by atoms with Crippen LogP contribution in [-0.4, -0.2) is 34.8 Å². The van der Waals surface area contributed by atoms with Crippen molar-refractivity contribution in [3.05, 3.63) is 47.3 Å². The molecule has 0 bridgehead atoms. The monoisotopic (exact) mass is 320 g/mol. The van der Waals surface area contributed by atoms with Crippen molar-refractivity contribution in [3.63, 3.8) is 0 Å². The van der Waals surface area contributed by atoms with E-state index in [1.54, 1.807) is 0 Å². The second kappa shape index (κ2) is 6.94. The highest BCUT2D eigenvalue weighted by Crippen LogP contribution is 2.18. The van der Waals surface area contributed by atoms with Crippen LogP contribution >= 0.6 is 12.4 Å². The van der Waals surface area contributed by atoms with Crippen LogP contribution in [0.25, 0.3) is 5.69 Å². The van der Waals surface area contributed by atoms with Crippen molar-refractivity contribution in [2.24, 2.45) is 0 Å². The molecule has 2 N–H and O–H groups in total. The summed E-state index contributed by atoms with van der Waals surface area (Å²) in [6.07, 6.45) is 0.983. The van der Waals surface area contributed by atoms with Crippen molar-refractivity contribution in [2.45, 2.75) is 26.3 Å². The fraction of sp³-hybridized carbons (Fsp3) is 0.375. The zero-order chi connectivity index (χ0) is 14.8. The summed E-state index contributed by atoms with van der Waals surface area (Å²) in [6.45, 7) is 5.63. The molecule has 118 valence electrons. The second-order valence-electron chi connectivity index (χ2n) is 5.46. The van der Waals surface area contributed by atoms with Gasteiger partial charge in [-0.2, -0.15) is 5.10 Å². The van der Waals surface area contributed by atoms with E-state index in [9.17, 15) is 4.79 Å². The fourth-order valence-electron chi connectivity index (χ4n) is 2.83. The number of benzene rings is 1. The van der Waals surface area contributed by atoms with E-state index in [0.717, 1.165) is 36.6 Å². The van der Waals surface area contributed by atoms with Crippen LogP contribution in [-0.2, 0) is 0 Å². The molecule has 1 aliphatic rings. The Morgan fingerprint density at radius 3 is 2.68 bits per heavy atom. The first-order valence-electron chi connectivity index (χ1n) is 7.30. The van der Waals surface area contributed by atoms with Crippen LogP contribution in [0.1, 0.15) is 28.2 Å². The van der Waals surface area contributed by atoms with E-state index in [0.29, 0.717) is 5.56 Å². The Hall–Kier alpha value is -1.85. The molecule has 0 aliphatic carbocycles. The molecular formula is C16H21ClN4O. The predicted molar refractivity (Wildman–Crippen MR) is 89.0 cm³/mol. The molecule has 5 nitrogen and oxygen atoms in total. The van der Waals surface area contributed by atoms with Crippen molar-refractivity contribution < 1.29 is 4.79 Å². The van der Waals surface area contributed by atoms with Gasteiger partial charge >= 0.3 is 0 Å². The number of hydrogen-bond acceptors (Lipinski definition) is 3. The fourth-order valence-corrected chi connectivity index (χ4v) is 2.83. The Balaban J connectivity index is 0.00000176. The van der Waals surface area contributed by atoms with Gasteiger partial charge in [-0.05, 0) is 38.9 Å². The largest absolute Gasteiger partial charge is 0.348 e. The summed E-state index contributed by atoms with van der Waals surface area (Å²) < 4.78 is 1.83. The average Bonchev–Trinajstić information content (AvgIpc) is 3.08. The van der Waals surface area contributed by atoms with Crippen molar-refractivity contribution in [1.82, 2.24) is 20.4 Å². The third kappa shape index (κ3) is 3.15. The lowest BCUT2D eigenvalue weighted by Gasteiger charge is -2.11. The van der Waals surface area contributed by atoms with E-state index < -0.39 is 0 Å². The highest BCUT2D eigenvalue weighted by atomic mass is 35.5. The molecule has 22 heavy (non-hydrogen) atoms. The Labute approximate surface area is 136 Å². The van der Waals surface area contributed by atoms with Crippen LogP contribution in [0, 0.1) is 13.8 Å². The van der Waals surface area contributed by atoms with E-state index in [4.69, 9.17) is 0 Å². The molecule has 1 atom stereocenters. The molecule has 1 amide bonds. The SMILES string of the molecule is Cc1nn(-c2ccccc2)c(C)c1C(=O)NC1CCNC1.Cl. The van der Waals surface area contributed by atoms with Crippen molar-refractivity contribution in [2.75, 3.05) is 13.1 Å². The third-order valence-corrected chi connectivity index (χ3v) is 3.91. The maximum atomic E-state index is 12.5. The summed E-state index contributed by atoms with van der Waals surface area (Å²) in [7, 11) is 0. The minimum atomic E-state index is -0.0270. The predicted octanol–water partition coefficient (Wildman–Crippen LogP) is 2.00. The van der Waals surface area contributed by atoms with Crippen LogP contribution in [0.3, 0.4) is 0 Å². The van der Waals surface area contributed by atoms with Gasteiger partial charge in [0, 0.05) is 12.6 Å². The molecule has 1 fully saturated rings. The highest BCUT2D eigenvalue weighted by molar-refractivity contribution is 5.96. The van der Waals surface area contributed by atoms with Gasteiger partial charge < -0.3 is 10.6 Å². The Bertz CT molecular complexity index is 648. The molecular weight excluding hydrogens is 300 g/mol. The Kier molecular flexibility index (Phi) is 5.21. The number of rotatable bonds is 3. The number of para-hydroxylation sites is 1. The molecule has 0 saturated carbocycles. The van der Waals surface area contributed by atoms with Crippen LogP contribution in [0.2, 0.25) is 0 Å². The first kappa shape index (κ1) is 16.5. The van der Waals surface area contributed by atoms with E-state index in [1.807, 2.05) is 48.9 Å². The quantitative estimate of drug-likeness (QED) is 0.909. The minimum Gasteiger partial charge on any atom is -0.348 e. The molecule has 0 radical (unpaired) electrons. The van der Waals surface area contributed by atoms with Crippen LogP contribution in [0.5, 0.6) is 0 Å². The molecule has 1 aromatic carbocycles. The number of amides is 1. The zero-order valence-corrected chi connectivity index (χ0v) is 13.6. The number of halogens is 1. The van der Waals surface area contributed by atoms with Gasteiger partial charge in [-0.25, -0.2) is 4.68 Å². The molecule has 1 aromatic heterocycles. The maximum absolute atomic E-state index is 12.5. The number of carbonyl (C=O) groups is 1. The third-order valence-electron chi connectivity index (χ3n) is 3.91. The zero-order valence-electron chi connectivity index (χ0n) is 12.8. The summed E-state index contributed by atoms with van der Waals surface area (Å²) in [6, 6.07) is 10.1. The van der Waals surface area contributed by atoms with E-state index in [-0.39, 0.29) is 24.4 Å². The number of aromatic nitrogens is 2. The molecule has 1 aliphatic heterocycles. The summed E-state index contributed by atoms with van der Waals surface area (Å²) in [5, 5.41) is 10.9. The molecule has 6 heteroatoms. The molecule has 2 heterocycles. The first-order valence-corrected chi connectivity index (χ1v) is 7.30. The Morgan fingerprint density at radius 1 is 1.32 bits per heavy atom. The average molecular weight is 321 g/mol. The van der Waals surface area contributed by atoms with Gasteiger partial charge in [-0.15, -0.1) is 12.4 Å². The van der Waals surface area contributed by atoms with Gasteiger partial charge in [0.2, 0.25) is 0 Å². The molecule has 1 saturated heterocycles. The number of hydrogen-bond donors (Lipinski definition) is 2. The first-order chi connectivity index (χ1) is 10.2. The van der Waals surface area contributed by atoms with Gasteiger partial charge in [-0.1, -0.05) is 18.2 Å². The lowest BCUT2D eigenvalue weighted by atomic mass is 10.1. The summed E-state index contributed by atoms with van der Waals surface area (Å²) in [5.74, 6) is -0.0270. The lowest BCUT2D eigenvalue weighted by Crippen LogP contribution is -2.36. The number of carbonyl (C=O) groups excluding carboxylic acids is 1. The van der Waals surface area contributed by atoms with Gasteiger partial charge in [0.15, 0.2) is 0 Å². The van der Waals surface area contributed by atoms with Crippen LogP contribution in [0.4, 0.5) is 0 Å². The number of aryl methyl sites for hydroxylation is 1. The van der Waals surface area contributed by atoms with Crippen molar-refractivity contribution in [1.29, 1.82) is 0 Å². The van der Waals surface area contributed by atoms with Gasteiger partial charge in [0.25, 0.3) is 5.91 Å². The van der Waals surface area contributed by atoms with Gasteiger partial charge in [0.05, 0.1) is 22.6 Å². The normalized spacial score (nSPS) is 17.1. The van der Waals surface area contributed by atoms with Gasteiger partial charge in [0.1, 0.15) is 0 Å². The standard InChI is InChI=1S/C16H20N4O.ClH/c1-11-15(16(21)18-13-8-9-17-10-13)12(2)20(19-11)14-6-4-3-5-7-14;/h3-7,13,17H,8-10H2,1-2H3,(H,18,21);1H. The summed E-state index contributed by atoms with van der Waals surface area (Å²) >= 11 is 0. The lowest BCUT2D eigenvalue weighted by molar-refractivity contribution is 0.0939. The van der Waals surface area contributed by atoms with Crippen molar-refractivity contribution >= 4 is 18.3 Å². The summed E-state index contributed by atoms with van der Waals surface area (Å²) in [5.41, 5.74) is 3.30. The van der Waals surface area contributed by atoms with Crippen molar-refractivity contribution in [3.8, 4) is 5.69 Å². The number of nitrogens with zero attached hydrogens (tertiary/aromatic N) is 2. The molecule has 1 unspecified atom stereocenters. The van der Waals surface area contributed by atoms with Crippen LogP contribution in [0.15, 0.2) is 30.3 Å². The van der Waals surface area contributed by atoms with E-state index in [1.165, 1.54) is 0 Å². The van der Waals surface area contributed by atoms with Gasteiger partial charge in [-0.3, -0.25) is 4.79 Å². The summed E-state index contributed by atoms with van der Waals surface area (Å²) in [4.78, 5) is 12.5. The smallest absolute Gasteiger partial charge is 0.255 e. The highest BCUT2D eigenvalue weighted by Gasteiger charge is 2.23. The molecule has 3 rings (SSSR count). The van der Waals surface area contributed by atoms with E-state index in [2.05, 4.69) is 15.7 Å². The number of nitrogens with one attached hydrogen (secondary N) is 2. The topological polar surface area (TPSA) is 59.0 Å².